The average Bonchev–Trinajstić information content (AvgIpc) is 2.28. The van der Waals surface area contributed by atoms with E-state index in [0.29, 0.717) is 0 Å². The zero-order valence-electron chi connectivity index (χ0n) is 9.04. The fourth-order valence-corrected chi connectivity index (χ4v) is 1.39. The van der Waals surface area contributed by atoms with Crippen molar-refractivity contribution in [1.82, 2.24) is 0 Å². The molecule has 1 rings (SSSR count). The molecule has 0 aliphatic rings. The third kappa shape index (κ3) is 4.24. The van der Waals surface area contributed by atoms with Crippen LogP contribution in [0.2, 0.25) is 0 Å². The first-order valence-corrected chi connectivity index (χ1v) is 5.13. The Morgan fingerprint density at radius 2 is 1.94 bits per heavy atom. The van der Waals surface area contributed by atoms with Crippen LogP contribution < -0.4 is 5.32 Å². The Balaban J connectivity index is 2.78. The Morgan fingerprint density at radius 3 is 2.47 bits per heavy atom. The lowest BCUT2D eigenvalue weighted by Crippen LogP contribution is -2.25. The van der Waals surface area contributed by atoms with Crippen molar-refractivity contribution in [3.63, 3.8) is 0 Å². The molecule has 0 heterocycles. The summed E-state index contributed by atoms with van der Waals surface area (Å²) >= 11 is 0. The Bertz CT molecular complexity index is 355. The molecule has 0 aliphatic heterocycles. The van der Waals surface area contributed by atoms with E-state index in [4.69, 9.17) is 10.2 Å². The number of benzene rings is 1. The molecule has 3 nitrogen and oxygen atoms in total. The summed E-state index contributed by atoms with van der Waals surface area (Å²) in [5.41, 5.74) is -0.476. The Kier molecular flexibility index (Phi) is 4.77. The van der Waals surface area contributed by atoms with Crippen LogP contribution in [0.1, 0.15) is 12.0 Å². The lowest BCUT2D eigenvalue weighted by atomic mass is 10.1. The molecular formula is C11H14F3NO2. The summed E-state index contributed by atoms with van der Waals surface area (Å²) < 4.78 is 37.3. The van der Waals surface area contributed by atoms with Gasteiger partial charge in [-0.25, -0.2) is 0 Å². The van der Waals surface area contributed by atoms with Crippen molar-refractivity contribution in [2.75, 3.05) is 18.5 Å². The van der Waals surface area contributed by atoms with Gasteiger partial charge in [0.25, 0.3) is 0 Å². The first-order chi connectivity index (χ1) is 7.97. The predicted octanol–water partition coefficient (Wildman–Crippen LogP) is 1.86. The predicted molar refractivity (Wildman–Crippen MR) is 57.6 cm³/mol. The molecule has 0 saturated carbocycles. The molecule has 3 N–H and O–H groups in total. The molecule has 1 atom stereocenters. The highest BCUT2D eigenvalue weighted by molar-refractivity contribution is 5.47. The molecule has 6 heteroatoms. The molecule has 1 aromatic rings. The van der Waals surface area contributed by atoms with Crippen molar-refractivity contribution in [3.05, 3.63) is 29.8 Å². The minimum Gasteiger partial charge on any atom is -0.396 e. The maximum absolute atomic E-state index is 12.4. The molecule has 1 unspecified atom stereocenters. The second kappa shape index (κ2) is 5.88. The summed E-state index contributed by atoms with van der Waals surface area (Å²) in [5.74, 6) is 0. The summed E-state index contributed by atoms with van der Waals surface area (Å²) in [6, 6.07) is 4.27. The molecule has 0 saturated heterocycles. The van der Waals surface area contributed by atoms with Gasteiger partial charge in [0.2, 0.25) is 0 Å². The number of hydrogen-bond acceptors (Lipinski definition) is 3. The van der Waals surface area contributed by atoms with Crippen molar-refractivity contribution in [2.24, 2.45) is 0 Å². The SMILES string of the molecule is OCCC(CO)Nc1cccc(C(F)(F)F)c1. The van der Waals surface area contributed by atoms with Crippen molar-refractivity contribution in [2.45, 2.75) is 18.6 Å². The van der Waals surface area contributed by atoms with Gasteiger partial charge in [-0.2, -0.15) is 13.2 Å². The molecule has 0 aromatic heterocycles. The fraction of sp³-hybridized carbons (Fsp3) is 0.455. The molecule has 0 bridgehead atoms. The van der Waals surface area contributed by atoms with Crippen LogP contribution in [0.5, 0.6) is 0 Å². The van der Waals surface area contributed by atoms with Crippen LogP contribution in [-0.2, 0) is 6.18 Å². The van der Waals surface area contributed by atoms with Crippen LogP contribution in [0.4, 0.5) is 18.9 Å². The topological polar surface area (TPSA) is 52.5 Å². The summed E-state index contributed by atoms with van der Waals surface area (Å²) in [7, 11) is 0. The van der Waals surface area contributed by atoms with Gasteiger partial charge in [-0.15, -0.1) is 0 Å². The molecule has 1 aromatic carbocycles. The Morgan fingerprint density at radius 1 is 1.24 bits per heavy atom. The van der Waals surface area contributed by atoms with Crippen molar-refractivity contribution in [3.8, 4) is 0 Å². The highest BCUT2D eigenvalue weighted by atomic mass is 19.4. The van der Waals surface area contributed by atoms with E-state index in [2.05, 4.69) is 5.32 Å². The highest BCUT2D eigenvalue weighted by Gasteiger charge is 2.30. The van der Waals surface area contributed by atoms with E-state index in [1.165, 1.54) is 12.1 Å². The number of alkyl halides is 3. The lowest BCUT2D eigenvalue weighted by molar-refractivity contribution is -0.137. The first-order valence-electron chi connectivity index (χ1n) is 5.13. The molecule has 0 fully saturated rings. The van der Waals surface area contributed by atoms with Crippen LogP contribution in [0.3, 0.4) is 0 Å². The van der Waals surface area contributed by atoms with Gasteiger partial charge in [-0.1, -0.05) is 6.07 Å². The van der Waals surface area contributed by atoms with Crippen molar-refractivity contribution < 1.29 is 23.4 Å². The molecule has 96 valence electrons. The number of anilines is 1. The number of aliphatic hydroxyl groups is 2. The van der Waals surface area contributed by atoms with Crippen LogP contribution >= 0.6 is 0 Å². The molecular weight excluding hydrogens is 235 g/mol. The van der Waals surface area contributed by atoms with Gasteiger partial charge in [-0.05, 0) is 24.6 Å². The Hall–Kier alpha value is -1.27. The van der Waals surface area contributed by atoms with Gasteiger partial charge >= 0.3 is 6.18 Å². The van der Waals surface area contributed by atoms with Crippen molar-refractivity contribution in [1.29, 1.82) is 0 Å². The van der Waals surface area contributed by atoms with Crippen LogP contribution in [0.15, 0.2) is 24.3 Å². The van der Waals surface area contributed by atoms with E-state index < -0.39 is 17.8 Å². The number of rotatable bonds is 5. The van der Waals surface area contributed by atoms with Crippen LogP contribution in [0, 0.1) is 0 Å². The minimum absolute atomic E-state index is 0.142. The summed E-state index contributed by atoms with van der Waals surface area (Å²) in [4.78, 5) is 0. The molecule has 0 radical (unpaired) electrons. The zero-order chi connectivity index (χ0) is 12.9. The first kappa shape index (κ1) is 13.8. The number of nitrogens with one attached hydrogen (secondary N) is 1. The third-order valence-corrected chi connectivity index (χ3v) is 2.26. The highest BCUT2D eigenvalue weighted by Crippen LogP contribution is 2.30. The second-order valence-electron chi connectivity index (χ2n) is 3.61. The smallest absolute Gasteiger partial charge is 0.396 e. The molecule has 0 aliphatic carbocycles. The van der Waals surface area contributed by atoms with E-state index in [1.807, 2.05) is 0 Å². The molecule has 0 spiro atoms. The van der Waals surface area contributed by atoms with E-state index >= 15 is 0 Å². The maximum Gasteiger partial charge on any atom is 0.416 e. The molecule has 17 heavy (non-hydrogen) atoms. The number of halogens is 3. The standard InChI is InChI=1S/C11H14F3NO2/c12-11(13,14)8-2-1-3-9(6-8)15-10(7-17)4-5-16/h1-3,6,10,15-17H,4-5,7H2. The average molecular weight is 249 g/mol. The van der Waals surface area contributed by atoms with Gasteiger partial charge in [0.05, 0.1) is 18.2 Å². The van der Waals surface area contributed by atoms with Crippen LogP contribution in [0.25, 0.3) is 0 Å². The minimum atomic E-state index is -4.39. The zero-order valence-corrected chi connectivity index (χ0v) is 9.04. The van der Waals surface area contributed by atoms with E-state index in [1.54, 1.807) is 0 Å². The summed E-state index contributed by atoms with van der Waals surface area (Å²) in [6.45, 7) is -0.395. The summed E-state index contributed by atoms with van der Waals surface area (Å²) in [6.07, 6.45) is -4.11. The van der Waals surface area contributed by atoms with Crippen molar-refractivity contribution >= 4 is 5.69 Å². The molecule has 0 amide bonds. The van der Waals surface area contributed by atoms with Gasteiger partial charge in [0.1, 0.15) is 0 Å². The summed E-state index contributed by atoms with van der Waals surface area (Å²) in [5, 5.41) is 20.4. The second-order valence-corrected chi connectivity index (χ2v) is 3.61. The monoisotopic (exact) mass is 249 g/mol. The van der Waals surface area contributed by atoms with Gasteiger partial charge in [0, 0.05) is 12.3 Å². The Labute approximate surface area is 96.9 Å². The quantitative estimate of drug-likeness (QED) is 0.746. The lowest BCUT2D eigenvalue weighted by Gasteiger charge is -2.17. The van der Waals surface area contributed by atoms with Gasteiger partial charge < -0.3 is 15.5 Å². The van der Waals surface area contributed by atoms with Gasteiger partial charge in [-0.3, -0.25) is 0 Å². The van der Waals surface area contributed by atoms with E-state index in [0.717, 1.165) is 12.1 Å². The number of aliphatic hydroxyl groups excluding tert-OH is 2. The van der Waals surface area contributed by atoms with E-state index in [-0.39, 0.29) is 25.3 Å². The fourth-order valence-electron chi connectivity index (χ4n) is 1.39. The van der Waals surface area contributed by atoms with Gasteiger partial charge in [0.15, 0.2) is 0 Å². The maximum atomic E-state index is 12.4. The van der Waals surface area contributed by atoms with E-state index in [9.17, 15) is 13.2 Å². The normalized spacial score (nSPS) is 13.5. The third-order valence-electron chi connectivity index (χ3n) is 2.26. The number of hydrogen-bond donors (Lipinski definition) is 3. The largest absolute Gasteiger partial charge is 0.416 e. The van der Waals surface area contributed by atoms with Crippen LogP contribution in [-0.4, -0.2) is 29.5 Å².